The first kappa shape index (κ1) is 11.1. The Morgan fingerprint density at radius 2 is 2.00 bits per heavy atom. The van der Waals surface area contributed by atoms with Gasteiger partial charge in [-0.05, 0) is 6.42 Å². The van der Waals surface area contributed by atoms with Crippen molar-refractivity contribution in [1.82, 2.24) is 0 Å². The van der Waals surface area contributed by atoms with Gasteiger partial charge in [-0.25, -0.2) is 0 Å². The first-order valence-electron chi connectivity index (χ1n) is 4.08. The van der Waals surface area contributed by atoms with E-state index >= 15 is 0 Å². The van der Waals surface area contributed by atoms with Gasteiger partial charge in [0.05, 0.1) is 19.6 Å². The summed E-state index contributed by atoms with van der Waals surface area (Å²) in [5.74, 6) is -0.429. The van der Waals surface area contributed by atoms with Gasteiger partial charge < -0.3 is 10.5 Å². The average molecular weight is 173 g/mol. The Labute approximate surface area is 72.1 Å². The number of carbonyl (C=O) groups excluding carboxylic acids is 2. The van der Waals surface area contributed by atoms with Crippen molar-refractivity contribution in [1.29, 1.82) is 0 Å². The van der Waals surface area contributed by atoms with Crippen molar-refractivity contribution in [3.05, 3.63) is 0 Å². The molecular weight excluding hydrogens is 158 g/mol. The van der Waals surface area contributed by atoms with Crippen LogP contribution in [0.4, 0.5) is 0 Å². The first-order valence-corrected chi connectivity index (χ1v) is 4.08. The minimum atomic E-state index is -0.321. The van der Waals surface area contributed by atoms with Crippen molar-refractivity contribution in [3.8, 4) is 0 Å². The van der Waals surface area contributed by atoms with Crippen LogP contribution in [0.1, 0.15) is 26.2 Å². The highest BCUT2D eigenvalue weighted by molar-refractivity contribution is 5.84. The Morgan fingerprint density at radius 1 is 1.33 bits per heavy atom. The maximum Gasteiger partial charge on any atom is 0.306 e. The summed E-state index contributed by atoms with van der Waals surface area (Å²) in [5, 5.41) is 0. The molecule has 0 aromatic heterocycles. The molecule has 0 unspecified atom stereocenters. The second kappa shape index (κ2) is 6.79. The van der Waals surface area contributed by atoms with Gasteiger partial charge in [-0.2, -0.15) is 0 Å². The number of Topliss-reactive ketones (excluding diaryl/α,β-unsaturated/α-hetero) is 1. The lowest BCUT2D eigenvalue weighted by Crippen LogP contribution is -2.15. The van der Waals surface area contributed by atoms with Crippen LogP contribution in [0.3, 0.4) is 0 Å². The van der Waals surface area contributed by atoms with E-state index in [9.17, 15) is 9.59 Å². The summed E-state index contributed by atoms with van der Waals surface area (Å²) in [6, 6.07) is 0. The highest BCUT2D eigenvalue weighted by Crippen LogP contribution is 1.94. The van der Waals surface area contributed by atoms with Crippen molar-refractivity contribution in [2.45, 2.75) is 26.2 Å². The summed E-state index contributed by atoms with van der Waals surface area (Å²) < 4.78 is 4.75. The van der Waals surface area contributed by atoms with Gasteiger partial charge >= 0.3 is 5.97 Å². The molecule has 4 nitrogen and oxygen atoms in total. The molecule has 0 saturated heterocycles. The van der Waals surface area contributed by atoms with Crippen LogP contribution in [0.25, 0.3) is 0 Å². The van der Waals surface area contributed by atoms with Crippen LogP contribution in [-0.4, -0.2) is 24.9 Å². The van der Waals surface area contributed by atoms with E-state index in [1.807, 2.05) is 6.92 Å². The van der Waals surface area contributed by atoms with Crippen LogP contribution < -0.4 is 5.73 Å². The molecule has 0 aromatic carbocycles. The van der Waals surface area contributed by atoms with E-state index in [-0.39, 0.29) is 31.1 Å². The lowest BCUT2D eigenvalue weighted by Gasteiger charge is -2.01. The van der Waals surface area contributed by atoms with Crippen LogP contribution in [0.15, 0.2) is 0 Å². The van der Waals surface area contributed by atoms with Crippen LogP contribution in [0, 0.1) is 0 Å². The van der Waals surface area contributed by atoms with Crippen molar-refractivity contribution >= 4 is 11.8 Å². The minimum absolute atomic E-state index is 0.00105. The molecule has 0 rings (SSSR count). The third kappa shape index (κ3) is 5.85. The molecule has 0 radical (unpaired) electrons. The Balaban J connectivity index is 3.37. The third-order valence-electron chi connectivity index (χ3n) is 1.30. The Hall–Kier alpha value is -0.900. The smallest absolute Gasteiger partial charge is 0.306 e. The summed E-state index contributed by atoms with van der Waals surface area (Å²) in [7, 11) is 0. The molecule has 4 heteroatoms. The van der Waals surface area contributed by atoms with Crippen LogP contribution in [0.5, 0.6) is 0 Å². The SMILES string of the molecule is CCCOC(=O)CCC(=O)CN. The summed E-state index contributed by atoms with van der Waals surface area (Å²) in [4.78, 5) is 21.5. The van der Waals surface area contributed by atoms with Gasteiger partial charge in [-0.15, -0.1) is 0 Å². The molecule has 70 valence electrons. The van der Waals surface area contributed by atoms with Gasteiger partial charge in [0.1, 0.15) is 5.78 Å². The van der Waals surface area contributed by atoms with Crippen molar-refractivity contribution in [2.75, 3.05) is 13.2 Å². The molecule has 0 bridgehead atoms. The zero-order valence-electron chi connectivity index (χ0n) is 7.34. The number of esters is 1. The zero-order chi connectivity index (χ0) is 9.40. The molecule has 0 heterocycles. The van der Waals surface area contributed by atoms with Gasteiger partial charge in [0.25, 0.3) is 0 Å². The molecule has 0 saturated carbocycles. The molecule has 0 fully saturated rings. The quantitative estimate of drug-likeness (QED) is 0.584. The molecule has 0 amide bonds. The lowest BCUT2D eigenvalue weighted by molar-refractivity contribution is -0.144. The normalized spacial score (nSPS) is 9.50. The van der Waals surface area contributed by atoms with E-state index in [2.05, 4.69) is 0 Å². The van der Waals surface area contributed by atoms with E-state index in [1.165, 1.54) is 0 Å². The van der Waals surface area contributed by atoms with Gasteiger partial charge in [0.2, 0.25) is 0 Å². The van der Waals surface area contributed by atoms with E-state index in [0.717, 1.165) is 6.42 Å². The highest BCUT2D eigenvalue weighted by Gasteiger charge is 2.05. The number of nitrogens with two attached hydrogens (primary N) is 1. The molecule has 0 atom stereocenters. The Bertz CT molecular complexity index is 156. The Morgan fingerprint density at radius 3 is 2.50 bits per heavy atom. The Kier molecular flexibility index (Phi) is 6.28. The maximum atomic E-state index is 10.8. The topological polar surface area (TPSA) is 69.4 Å². The second-order valence-electron chi connectivity index (χ2n) is 2.46. The number of rotatable bonds is 6. The summed E-state index contributed by atoms with van der Waals surface area (Å²) >= 11 is 0. The molecule has 0 aliphatic rings. The van der Waals surface area contributed by atoms with Crippen LogP contribution in [0.2, 0.25) is 0 Å². The monoisotopic (exact) mass is 173 g/mol. The zero-order valence-corrected chi connectivity index (χ0v) is 7.34. The number of carbonyl (C=O) groups is 2. The van der Waals surface area contributed by atoms with Gasteiger partial charge in [-0.3, -0.25) is 9.59 Å². The average Bonchev–Trinajstić information content (AvgIpc) is 2.10. The van der Waals surface area contributed by atoms with E-state index < -0.39 is 0 Å². The van der Waals surface area contributed by atoms with E-state index in [1.54, 1.807) is 0 Å². The molecular formula is C8H15NO3. The molecule has 0 aliphatic heterocycles. The predicted octanol–water partition coefficient (Wildman–Crippen LogP) is 0.248. The number of ketones is 1. The minimum Gasteiger partial charge on any atom is -0.466 e. The fourth-order valence-electron chi connectivity index (χ4n) is 0.632. The number of ether oxygens (including phenoxy) is 1. The molecule has 2 N–H and O–H groups in total. The third-order valence-corrected chi connectivity index (χ3v) is 1.30. The van der Waals surface area contributed by atoms with E-state index in [4.69, 9.17) is 10.5 Å². The number of hydrogen-bond donors (Lipinski definition) is 1. The van der Waals surface area contributed by atoms with Gasteiger partial charge in [0, 0.05) is 6.42 Å². The highest BCUT2D eigenvalue weighted by atomic mass is 16.5. The van der Waals surface area contributed by atoms with Crippen LogP contribution in [-0.2, 0) is 14.3 Å². The molecule has 0 spiro atoms. The van der Waals surface area contributed by atoms with Crippen molar-refractivity contribution in [3.63, 3.8) is 0 Å². The van der Waals surface area contributed by atoms with Crippen molar-refractivity contribution in [2.24, 2.45) is 5.73 Å². The lowest BCUT2D eigenvalue weighted by atomic mass is 10.2. The van der Waals surface area contributed by atoms with Crippen LogP contribution >= 0.6 is 0 Å². The van der Waals surface area contributed by atoms with Crippen molar-refractivity contribution < 1.29 is 14.3 Å². The first-order chi connectivity index (χ1) is 5.70. The predicted molar refractivity (Wildman–Crippen MR) is 44.5 cm³/mol. The fourth-order valence-corrected chi connectivity index (χ4v) is 0.632. The maximum absolute atomic E-state index is 10.8. The summed E-state index contributed by atoms with van der Waals surface area (Å²) in [6.07, 6.45) is 1.14. The molecule has 12 heavy (non-hydrogen) atoms. The standard InChI is InChI=1S/C8H15NO3/c1-2-5-12-8(11)4-3-7(10)6-9/h2-6,9H2,1H3. The van der Waals surface area contributed by atoms with Gasteiger partial charge in [-0.1, -0.05) is 6.92 Å². The summed E-state index contributed by atoms with van der Waals surface area (Å²) in [5.41, 5.74) is 5.06. The number of hydrogen-bond acceptors (Lipinski definition) is 4. The van der Waals surface area contributed by atoms with Gasteiger partial charge in [0.15, 0.2) is 0 Å². The second-order valence-corrected chi connectivity index (χ2v) is 2.46. The molecule has 0 aliphatic carbocycles. The fraction of sp³-hybridized carbons (Fsp3) is 0.750. The largest absolute Gasteiger partial charge is 0.466 e. The molecule has 0 aromatic rings. The van der Waals surface area contributed by atoms with E-state index in [0.29, 0.717) is 6.61 Å². The summed E-state index contributed by atoms with van der Waals surface area (Å²) in [6.45, 7) is 2.34.